The van der Waals surface area contributed by atoms with Crippen molar-refractivity contribution in [1.29, 1.82) is 0 Å². The Morgan fingerprint density at radius 1 is 1.22 bits per heavy atom. The van der Waals surface area contributed by atoms with E-state index in [-0.39, 0.29) is 22.6 Å². The molecule has 1 unspecified atom stereocenters. The molecule has 0 bridgehead atoms. The quantitative estimate of drug-likeness (QED) is 0.359. The topological polar surface area (TPSA) is 83.2 Å². The summed E-state index contributed by atoms with van der Waals surface area (Å²) in [7, 11) is 1.43. The van der Waals surface area contributed by atoms with Crippen LogP contribution in [-0.4, -0.2) is 59.9 Å². The van der Waals surface area contributed by atoms with Crippen molar-refractivity contribution in [2.45, 2.75) is 33.7 Å². The van der Waals surface area contributed by atoms with Gasteiger partial charge in [-0.05, 0) is 56.8 Å². The number of hydrogen-bond acceptors (Lipinski definition) is 6. The summed E-state index contributed by atoms with van der Waals surface area (Å²) in [6.07, 6.45) is 0. The van der Waals surface area contributed by atoms with Gasteiger partial charge in [-0.2, -0.15) is 0 Å². The second kappa shape index (κ2) is 9.79. The zero-order valence-electron chi connectivity index (χ0n) is 19.1. The molecule has 1 atom stereocenters. The van der Waals surface area contributed by atoms with Crippen LogP contribution in [0.3, 0.4) is 0 Å². The summed E-state index contributed by atoms with van der Waals surface area (Å²) in [6.45, 7) is 10.2. The SMILES string of the molecule is CCN(CC)CCN1C(=O)C(=O)/C(=C(/O)c2cc(C)cc(Cl)c2OC)C1c1ccc(C)o1. The van der Waals surface area contributed by atoms with E-state index in [1.54, 1.807) is 31.2 Å². The van der Waals surface area contributed by atoms with Gasteiger partial charge in [-0.25, -0.2) is 0 Å². The van der Waals surface area contributed by atoms with Crippen LogP contribution in [0.4, 0.5) is 0 Å². The molecule has 1 aliphatic heterocycles. The van der Waals surface area contributed by atoms with Crippen molar-refractivity contribution in [3.63, 3.8) is 0 Å². The van der Waals surface area contributed by atoms with Crippen molar-refractivity contribution in [2.24, 2.45) is 0 Å². The molecule has 0 radical (unpaired) electrons. The number of ether oxygens (including phenoxy) is 1. The molecule has 0 saturated carbocycles. The Hall–Kier alpha value is -2.77. The van der Waals surface area contributed by atoms with E-state index in [4.69, 9.17) is 20.8 Å². The molecule has 1 aliphatic rings. The highest BCUT2D eigenvalue weighted by Gasteiger charge is 2.47. The van der Waals surface area contributed by atoms with Gasteiger partial charge in [0.15, 0.2) is 0 Å². The first kappa shape index (κ1) is 23.9. The molecule has 1 aromatic heterocycles. The number of aliphatic hydroxyl groups excluding tert-OH is 1. The number of likely N-dealkylation sites (N-methyl/N-ethyl adjacent to an activating group) is 1. The Morgan fingerprint density at radius 3 is 2.47 bits per heavy atom. The lowest BCUT2D eigenvalue weighted by atomic mass is 9.98. The number of ketones is 1. The summed E-state index contributed by atoms with van der Waals surface area (Å²) < 4.78 is 11.2. The largest absolute Gasteiger partial charge is 0.507 e. The van der Waals surface area contributed by atoms with Gasteiger partial charge in [0, 0.05) is 13.1 Å². The van der Waals surface area contributed by atoms with Crippen LogP contribution in [0.15, 0.2) is 34.3 Å². The van der Waals surface area contributed by atoms with Crippen LogP contribution < -0.4 is 4.74 Å². The van der Waals surface area contributed by atoms with Crippen LogP contribution in [0.5, 0.6) is 5.75 Å². The fraction of sp³-hybridized carbons (Fsp3) is 0.417. The third kappa shape index (κ3) is 4.40. The standard InChI is InChI=1S/C24H29ClN2O5/c1-6-26(7-2)10-11-27-20(18-9-8-15(4)32-18)19(22(29)24(27)30)21(28)16-12-14(3)13-17(25)23(16)31-5/h8-9,12-13,20,28H,6-7,10-11H2,1-5H3/b21-19+. The van der Waals surface area contributed by atoms with E-state index in [0.717, 1.165) is 18.7 Å². The van der Waals surface area contributed by atoms with Gasteiger partial charge in [0.05, 0.1) is 23.3 Å². The zero-order valence-corrected chi connectivity index (χ0v) is 19.8. The van der Waals surface area contributed by atoms with E-state index in [9.17, 15) is 14.7 Å². The van der Waals surface area contributed by atoms with E-state index >= 15 is 0 Å². The van der Waals surface area contributed by atoms with Crippen molar-refractivity contribution < 1.29 is 23.8 Å². The normalized spacial score (nSPS) is 18.1. The number of aliphatic hydroxyl groups is 1. The second-order valence-electron chi connectivity index (χ2n) is 7.80. The molecular formula is C24H29ClN2O5. The van der Waals surface area contributed by atoms with Gasteiger partial charge >= 0.3 is 0 Å². The molecule has 1 aromatic carbocycles. The van der Waals surface area contributed by atoms with Crippen LogP contribution in [0.2, 0.25) is 5.02 Å². The van der Waals surface area contributed by atoms with E-state index in [1.807, 2.05) is 20.8 Å². The molecule has 1 N–H and O–H groups in total. The number of hydrogen-bond donors (Lipinski definition) is 1. The number of likely N-dealkylation sites (tertiary alicyclic amines) is 1. The molecule has 0 spiro atoms. The number of benzene rings is 1. The molecule has 8 heteroatoms. The maximum absolute atomic E-state index is 13.1. The van der Waals surface area contributed by atoms with E-state index in [2.05, 4.69) is 4.90 Å². The second-order valence-corrected chi connectivity index (χ2v) is 8.20. The number of aryl methyl sites for hydroxylation is 2. The minimum Gasteiger partial charge on any atom is -0.507 e. The number of amides is 1. The van der Waals surface area contributed by atoms with Gasteiger partial charge in [-0.1, -0.05) is 25.4 Å². The first-order valence-electron chi connectivity index (χ1n) is 10.6. The van der Waals surface area contributed by atoms with Gasteiger partial charge in [-0.3, -0.25) is 9.59 Å². The van der Waals surface area contributed by atoms with Crippen LogP contribution in [0, 0.1) is 13.8 Å². The number of nitrogens with zero attached hydrogens (tertiary/aromatic N) is 2. The van der Waals surface area contributed by atoms with Gasteiger partial charge in [0.25, 0.3) is 11.7 Å². The molecule has 1 amide bonds. The summed E-state index contributed by atoms with van der Waals surface area (Å²) in [6, 6.07) is 6.03. The molecule has 0 aliphatic carbocycles. The number of furan rings is 1. The van der Waals surface area contributed by atoms with Crippen LogP contribution in [0.1, 0.15) is 42.5 Å². The number of carbonyl (C=O) groups excluding carboxylic acids is 2. The van der Waals surface area contributed by atoms with Crippen molar-refractivity contribution in [3.05, 3.63) is 57.5 Å². The summed E-state index contributed by atoms with van der Waals surface area (Å²) >= 11 is 6.31. The number of methoxy groups -OCH3 is 1. The Kier molecular flexibility index (Phi) is 7.31. The molecule has 32 heavy (non-hydrogen) atoms. The summed E-state index contributed by atoms with van der Waals surface area (Å²) in [5, 5.41) is 11.6. The van der Waals surface area contributed by atoms with E-state index < -0.39 is 17.7 Å². The van der Waals surface area contributed by atoms with Gasteiger partial charge in [-0.15, -0.1) is 0 Å². The molecular weight excluding hydrogens is 432 g/mol. The zero-order chi connectivity index (χ0) is 23.6. The molecule has 1 saturated heterocycles. The smallest absolute Gasteiger partial charge is 0.295 e. The molecule has 3 rings (SSSR count). The molecule has 7 nitrogen and oxygen atoms in total. The minimum atomic E-state index is -0.844. The van der Waals surface area contributed by atoms with E-state index in [1.165, 1.54) is 12.0 Å². The highest BCUT2D eigenvalue weighted by Crippen LogP contribution is 2.43. The van der Waals surface area contributed by atoms with Crippen LogP contribution in [-0.2, 0) is 9.59 Å². The van der Waals surface area contributed by atoms with Crippen molar-refractivity contribution in [3.8, 4) is 5.75 Å². The Morgan fingerprint density at radius 2 is 1.91 bits per heavy atom. The van der Waals surface area contributed by atoms with Crippen LogP contribution in [0.25, 0.3) is 5.76 Å². The van der Waals surface area contributed by atoms with Crippen molar-refractivity contribution in [1.82, 2.24) is 9.80 Å². The predicted octanol–water partition coefficient (Wildman–Crippen LogP) is 4.32. The Balaban J connectivity index is 2.17. The van der Waals surface area contributed by atoms with Gasteiger partial charge in [0.1, 0.15) is 29.1 Å². The van der Waals surface area contributed by atoms with E-state index in [0.29, 0.717) is 29.6 Å². The number of Topliss-reactive ketones (excluding diaryl/α,β-unsaturated/α-hetero) is 1. The fourth-order valence-electron chi connectivity index (χ4n) is 4.05. The highest BCUT2D eigenvalue weighted by molar-refractivity contribution is 6.46. The fourth-order valence-corrected chi connectivity index (χ4v) is 4.40. The van der Waals surface area contributed by atoms with Gasteiger partial charge < -0.3 is 24.1 Å². The maximum atomic E-state index is 13.1. The molecule has 1 fully saturated rings. The van der Waals surface area contributed by atoms with Crippen LogP contribution >= 0.6 is 11.6 Å². The highest BCUT2D eigenvalue weighted by atomic mass is 35.5. The van der Waals surface area contributed by atoms with Gasteiger partial charge in [0.2, 0.25) is 0 Å². The average Bonchev–Trinajstić information content (AvgIpc) is 3.29. The predicted molar refractivity (Wildman–Crippen MR) is 123 cm³/mol. The average molecular weight is 461 g/mol. The number of halogens is 1. The van der Waals surface area contributed by atoms with Crippen molar-refractivity contribution >= 4 is 29.1 Å². The molecule has 2 aromatic rings. The monoisotopic (exact) mass is 460 g/mol. The molecule has 2 heterocycles. The lowest BCUT2D eigenvalue weighted by molar-refractivity contribution is -0.140. The maximum Gasteiger partial charge on any atom is 0.295 e. The summed E-state index contributed by atoms with van der Waals surface area (Å²) in [5.41, 5.74) is 0.995. The summed E-state index contributed by atoms with van der Waals surface area (Å²) in [5.74, 6) is -0.476. The first-order valence-corrected chi connectivity index (χ1v) is 11.0. The lowest BCUT2D eigenvalue weighted by Gasteiger charge is -2.26. The third-order valence-electron chi connectivity index (χ3n) is 5.77. The minimum absolute atomic E-state index is 0.0381. The number of rotatable bonds is 8. The third-order valence-corrected chi connectivity index (χ3v) is 6.05. The first-order chi connectivity index (χ1) is 15.2. The van der Waals surface area contributed by atoms with Crippen molar-refractivity contribution in [2.75, 3.05) is 33.3 Å². The summed E-state index contributed by atoms with van der Waals surface area (Å²) in [4.78, 5) is 29.8. The Labute approximate surface area is 193 Å². The number of carbonyl (C=O) groups is 2. The molecule has 172 valence electrons. The Bertz CT molecular complexity index is 1050. The lowest BCUT2D eigenvalue weighted by Crippen LogP contribution is -2.37.